The van der Waals surface area contributed by atoms with E-state index in [-0.39, 0.29) is 5.03 Å². The summed E-state index contributed by atoms with van der Waals surface area (Å²) >= 11 is 1.05. The van der Waals surface area contributed by atoms with Gasteiger partial charge in [0.2, 0.25) is 0 Å². The third kappa shape index (κ3) is 4.02. The van der Waals surface area contributed by atoms with Crippen LogP contribution in [0.4, 0.5) is 8.78 Å². The van der Waals surface area contributed by atoms with Crippen molar-refractivity contribution in [1.82, 2.24) is 24.7 Å². The second-order valence-electron chi connectivity index (χ2n) is 6.25. The first kappa shape index (κ1) is 19.2. The summed E-state index contributed by atoms with van der Waals surface area (Å²) in [6, 6.07) is 16.1. The highest BCUT2D eigenvalue weighted by molar-refractivity contribution is 7.99. The van der Waals surface area contributed by atoms with Crippen molar-refractivity contribution in [2.24, 2.45) is 0 Å². The van der Waals surface area contributed by atoms with Crippen LogP contribution in [0.5, 0.6) is 0 Å². The molecule has 8 heteroatoms. The summed E-state index contributed by atoms with van der Waals surface area (Å²) in [5.74, 6) is -0.492. The van der Waals surface area contributed by atoms with E-state index in [9.17, 15) is 8.78 Å². The number of aryl methyl sites for hydroxylation is 1. The van der Waals surface area contributed by atoms with Crippen molar-refractivity contribution in [3.05, 3.63) is 83.8 Å². The zero-order valence-electron chi connectivity index (χ0n) is 15.6. The Hall–Kier alpha value is -3.13. The number of nitrogens with zero attached hydrogens (tertiary/aromatic N) is 5. The Balaban J connectivity index is 1.79. The van der Waals surface area contributed by atoms with Crippen LogP contribution in [0, 0.1) is 11.6 Å². The highest BCUT2D eigenvalue weighted by Gasteiger charge is 2.20. The molecule has 0 spiro atoms. The lowest BCUT2D eigenvalue weighted by atomic mass is 10.2. The molecule has 0 fully saturated rings. The van der Waals surface area contributed by atoms with Crippen LogP contribution in [-0.2, 0) is 13.0 Å². The first-order valence-electron chi connectivity index (χ1n) is 9.06. The molecule has 0 radical (unpaired) electrons. The van der Waals surface area contributed by atoms with Gasteiger partial charge in [0.05, 0.1) is 17.8 Å². The Morgan fingerprint density at radius 1 is 0.931 bits per heavy atom. The van der Waals surface area contributed by atoms with E-state index in [1.165, 1.54) is 12.4 Å². The Bertz CT molecular complexity index is 1130. The molecule has 4 aromatic rings. The van der Waals surface area contributed by atoms with E-state index in [1.807, 2.05) is 37.3 Å². The van der Waals surface area contributed by atoms with Gasteiger partial charge in [-0.05, 0) is 35.9 Å². The molecule has 0 unspecified atom stereocenters. The number of halogens is 2. The molecule has 4 rings (SSSR count). The minimum Gasteiger partial charge on any atom is -0.297 e. The molecular weight excluding hydrogens is 392 g/mol. The molecule has 0 aliphatic carbocycles. The molecule has 2 heterocycles. The first-order chi connectivity index (χ1) is 14.2. The van der Waals surface area contributed by atoms with Crippen LogP contribution in [-0.4, -0.2) is 24.7 Å². The lowest BCUT2D eigenvalue weighted by Gasteiger charge is -2.11. The quantitative estimate of drug-likeness (QED) is 0.429. The van der Waals surface area contributed by atoms with Crippen molar-refractivity contribution >= 4 is 11.8 Å². The lowest BCUT2D eigenvalue weighted by Crippen LogP contribution is -2.05. The van der Waals surface area contributed by atoms with Gasteiger partial charge in [-0.25, -0.2) is 18.7 Å². The molecule has 0 aliphatic heterocycles. The first-order valence-corrected chi connectivity index (χ1v) is 9.88. The van der Waals surface area contributed by atoms with Gasteiger partial charge in [0, 0.05) is 0 Å². The minimum absolute atomic E-state index is 0.165. The van der Waals surface area contributed by atoms with E-state index in [1.54, 1.807) is 22.8 Å². The van der Waals surface area contributed by atoms with Crippen molar-refractivity contribution in [2.75, 3.05) is 0 Å². The van der Waals surface area contributed by atoms with Gasteiger partial charge >= 0.3 is 0 Å². The van der Waals surface area contributed by atoms with Crippen molar-refractivity contribution in [3.8, 4) is 11.4 Å². The van der Waals surface area contributed by atoms with Crippen LogP contribution in [0.15, 0.2) is 71.1 Å². The number of aromatic nitrogens is 5. The average molecular weight is 409 g/mol. The zero-order valence-corrected chi connectivity index (χ0v) is 16.4. The second kappa shape index (κ2) is 8.48. The largest absolute Gasteiger partial charge is 0.297 e. The van der Waals surface area contributed by atoms with E-state index in [0.717, 1.165) is 17.3 Å². The highest BCUT2D eigenvalue weighted by Crippen LogP contribution is 2.32. The fourth-order valence-corrected chi connectivity index (χ4v) is 3.73. The minimum atomic E-state index is -0.471. The number of hydrogen-bond acceptors (Lipinski definition) is 5. The van der Waals surface area contributed by atoms with Gasteiger partial charge in [0.25, 0.3) is 0 Å². The smallest absolute Gasteiger partial charge is 0.198 e. The standard InChI is InChI=1S/C21H17F2N5S/c1-2-17-18(23)20(25-13-24-17)29-21-27-26-19(15-10-6-7-11-16(15)22)28(21)12-14-8-4-3-5-9-14/h3-11,13H,2,12H2,1H3. The molecule has 2 aromatic heterocycles. The van der Waals surface area contributed by atoms with Gasteiger partial charge in [0.1, 0.15) is 17.2 Å². The summed E-state index contributed by atoms with van der Waals surface area (Å²) in [6.07, 6.45) is 1.79. The van der Waals surface area contributed by atoms with Gasteiger partial charge in [0.15, 0.2) is 16.8 Å². The van der Waals surface area contributed by atoms with Gasteiger partial charge < -0.3 is 0 Å². The predicted octanol–water partition coefficient (Wildman–Crippen LogP) is 4.78. The molecule has 0 atom stereocenters. The van der Waals surface area contributed by atoms with Crippen LogP contribution in [0.25, 0.3) is 11.4 Å². The number of benzene rings is 2. The Labute approximate surface area is 170 Å². The molecule has 0 saturated carbocycles. The maximum atomic E-state index is 14.6. The third-order valence-corrected chi connectivity index (χ3v) is 5.33. The van der Waals surface area contributed by atoms with Gasteiger partial charge in [-0.3, -0.25) is 4.57 Å². The van der Waals surface area contributed by atoms with Gasteiger partial charge in [-0.2, -0.15) is 0 Å². The summed E-state index contributed by atoms with van der Waals surface area (Å²) in [5, 5.41) is 8.99. The molecule has 2 aromatic carbocycles. The van der Waals surface area contributed by atoms with Crippen molar-refractivity contribution in [1.29, 1.82) is 0 Å². The lowest BCUT2D eigenvalue weighted by molar-refractivity contribution is 0.558. The van der Waals surface area contributed by atoms with E-state index >= 15 is 0 Å². The molecule has 5 nitrogen and oxygen atoms in total. The Morgan fingerprint density at radius 2 is 1.69 bits per heavy atom. The normalized spacial score (nSPS) is 11.0. The van der Waals surface area contributed by atoms with Gasteiger partial charge in [-0.15, -0.1) is 10.2 Å². The highest BCUT2D eigenvalue weighted by atomic mass is 32.2. The maximum Gasteiger partial charge on any atom is 0.198 e. The molecule has 0 aliphatic rings. The summed E-state index contributed by atoms with van der Waals surface area (Å²) < 4.78 is 30.8. The molecule has 0 bridgehead atoms. The fraction of sp³-hybridized carbons (Fsp3) is 0.143. The number of hydrogen-bond donors (Lipinski definition) is 0. The Kier molecular flexibility index (Phi) is 5.62. The van der Waals surface area contributed by atoms with E-state index < -0.39 is 11.6 Å². The van der Waals surface area contributed by atoms with E-state index in [4.69, 9.17) is 0 Å². The van der Waals surface area contributed by atoms with Crippen LogP contribution in [0.2, 0.25) is 0 Å². The summed E-state index contributed by atoms with van der Waals surface area (Å²) in [4.78, 5) is 8.01. The molecule has 146 valence electrons. The average Bonchev–Trinajstić information content (AvgIpc) is 3.12. The molecule has 29 heavy (non-hydrogen) atoms. The fourth-order valence-electron chi connectivity index (χ4n) is 2.91. The Morgan fingerprint density at radius 3 is 2.45 bits per heavy atom. The van der Waals surface area contributed by atoms with Crippen LogP contribution in [0.1, 0.15) is 18.2 Å². The summed E-state index contributed by atoms with van der Waals surface area (Å²) in [5.41, 5.74) is 1.66. The van der Waals surface area contributed by atoms with Crippen molar-refractivity contribution in [3.63, 3.8) is 0 Å². The van der Waals surface area contributed by atoms with Crippen molar-refractivity contribution in [2.45, 2.75) is 30.1 Å². The molecule has 0 saturated heterocycles. The SMILES string of the molecule is CCc1ncnc(Sc2nnc(-c3ccccc3F)n2Cc2ccccc2)c1F. The monoisotopic (exact) mass is 409 g/mol. The molecule has 0 N–H and O–H groups in total. The predicted molar refractivity (Wildman–Crippen MR) is 106 cm³/mol. The molecule has 0 amide bonds. The third-order valence-electron chi connectivity index (χ3n) is 4.37. The van der Waals surface area contributed by atoms with Crippen LogP contribution in [0.3, 0.4) is 0 Å². The van der Waals surface area contributed by atoms with Crippen molar-refractivity contribution < 1.29 is 8.78 Å². The maximum absolute atomic E-state index is 14.6. The van der Waals surface area contributed by atoms with Gasteiger partial charge in [-0.1, -0.05) is 49.4 Å². The summed E-state index contributed by atoms with van der Waals surface area (Å²) in [7, 11) is 0. The second-order valence-corrected chi connectivity index (χ2v) is 7.21. The molecular formula is C21H17F2N5S. The number of rotatable bonds is 6. The van der Waals surface area contributed by atoms with Crippen LogP contribution < -0.4 is 0 Å². The van der Waals surface area contributed by atoms with E-state index in [2.05, 4.69) is 20.2 Å². The van der Waals surface area contributed by atoms with Crippen LogP contribution >= 0.6 is 11.8 Å². The topological polar surface area (TPSA) is 56.5 Å². The summed E-state index contributed by atoms with van der Waals surface area (Å²) in [6.45, 7) is 2.24. The zero-order chi connectivity index (χ0) is 20.2. The van der Waals surface area contributed by atoms with E-state index in [0.29, 0.717) is 35.2 Å².